The van der Waals surface area contributed by atoms with Crippen LogP contribution in [0.15, 0.2) is 72.9 Å². The molecule has 0 radical (unpaired) electrons. The Kier molecular flexibility index (Phi) is 7.54. The summed E-state index contributed by atoms with van der Waals surface area (Å²) < 4.78 is 17.8. The first-order valence-corrected chi connectivity index (χ1v) is 12.5. The molecule has 1 aliphatic rings. The normalized spacial score (nSPS) is 14.2. The maximum atomic E-state index is 6.30. The summed E-state index contributed by atoms with van der Waals surface area (Å²) >= 11 is 0. The summed E-state index contributed by atoms with van der Waals surface area (Å²) in [4.78, 5) is 9.40. The Hall–Kier alpha value is -3.44. The van der Waals surface area contributed by atoms with E-state index in [2.05, 4.69) is 29.2 Å². The number of ether oxygens (including phenoxy) is 3. The average molecular weight is 469 g/mol. The summed E-state index contributed by atoms with van der Waals surface area (Å²) in [6.45, 7) is 4.69. The predicted octanol–water partition coefficient (Wildman–Crippen LogP) is 6.46. The van der Waals surface area contributed by atoms with Crippen LogP contribution in [-0.2, 0) is 24.4 Å². The van der Waals surface area contributed by atoms with Crippen LogP contribution < -0.4 is 9.47 Å². The second-order valence-electron chi connectivity index (χ2n) is 9.19. The molecule has 0 spiro atoms. The number of fused-ring (bicyclic) bond motifs is 1. The first-order chi connectivity index (χ1) is 17.3. The third-order valence-electron chi connectivity index (χ3n) is 6.74. The largest absolute Gasteiger partial charge is 0.488 e. The van der Waals surface area contributed by atoms with Gasteiger partial charge in [-0.2, -0.15) is 0 Å². The average Bonchev–Trinajstić information content (AvgIpc) is 2.92. The van der Waals surface area contributed by atoms with Crippen LogP contribution >= 0.6 is 0 Å². The number of aryl methyl sites for hydroxylation is 1. The molecule has 1 aliphatic heterocycles. The van der Waals surface area contributed by atoms with E-state index in [0.29, 0.717) is 19.1 Å². The van der Waals surface area contributed by atoms with Crippen molar-refractivity contribution in [3.63, 3.8) is 0 Å². The fraction of sp³-hybridized carbons (Fsp3) is 0.333. The number of para-hydroxylation sites is 1. The third-order valence-corrected chi connectivity index (χ3v) is 6.74. The van der Waals surface area contributed by atoms with Crippen molar-refractivity contribution in [2.75, 3.05) is 13.2 Å². The van der Waals surface area contributed by atoms with Crippen LogP contribution in [0, 0.1) is 12.8 Å². The van der Waals surface area contributed by atoms with Gasteiger partial charge in [-0.25, -0.2) is 9.97 Å². The zero-order chi connectivity index (χ0) is 23.9. The molecule has 0 unspecified atom stereocenters. The summed E-state index contributed by atoms with van der Waals surface area (Å²) in [6, 6.07) is 22.4. The molecule has 0 saturated carbocycles. The molecule has 5 heteroatoms. The van der Waals surface area contributed by atoms with Crippen LogP contribution in [0.4, 0.5) is 0 Å². The molecule has 2 aromatic heterocycles. The van der Waals surface area contributed by atoms with Crippen LogP contribution in [0.5, 0.6) is 11.6 Å². The highest BCUT2D eigenvalue weighted by atomic mass is 16.5. The quantitative estimate of drug-likeness (QED) is 0.282. The van der Waals surface area contributed by atoms with Gasteiger partial charge in [0.25, 0.3) is 0 Å². The minimum Gasteiger partial charge on any atom is -0.488 e. The highest BCUT2D eigenvalue weighted by Crippen LogP contribution is 2.31. The SMILES string of the molecule is Cc1c(COc2ccc(CCC3CCOCC3)cn2)nc2ccccc2c1OCc1ccccc1. The summed E-state index contributed by atoms with van der Waals surface area (Å²) in [5.74, 6) is 2.23. The van der Waals surface area contributed by atoms with E-state index in [-0.39, 0.29) is 0 Å². The van der Waals surface area contributed by atoms with Gasteiger partial charge in [0, 0.05) is 36.4 Å². The van der Waals surface area contributed by atoms with Gasteiger partial charge in [0.1, 0.15) is 19.0 Å². The molecule has 5 nitrogen and oxygen atoms in total. The van der Waals surface area contributed by atoms with Crippen molar-refractivity contribution in [3.05, 3.63) is 95.3 Å². The van der Waals surface area contributed by atoms with E-state index >= 15 is 0 Å². The van der Waals surface area contributed by atoms with Crippen molar-refractivity contribution in [3.8, 4) is 11.6 Å². The molecule has 1 fully saturated rings. The fourth-order valence-corrected chi connectivity index (χ4v) is 4.57. The van der Waals surface area contributed by atoms with E-state index < -0.39 is 0 Å². The highest BCUT2D eigenvalue weighted by molar-refractivity contribution is 5.86. The maximum Gasteiger partial charge on any atom is 0.213 e. The zero-order valence-corrected chi connectivity index (χ0v) is 20.3. The van der Waals surface area contributed by atoms with Gasteiger partial charge >= 0.3 is 0 Å². The summed E-state index contributed by atoms with van der Waals surface area (Å²) in [5.41, 5.74) is 5.13. The first kappa shape index (κ1) is 23.3. The molecule has 0 N–H and O–H groups in total. The van der Waals surface area contributed by atoms with Gasteiger partial charge in [-0.05, 0) is 61.8 Å². The summed E-state index contributed by atoms with van der Waals surface area (Å²) in [7, 11) is 0. The van der Waals surface area contributed by atoms with Crippen molar-refractivity contribution in [1.29, 1.82) is 0 Å². The first-order valence-electron chi connectivity index (χ1n) is 12.5. The molecule has 0 aliphatic carbocycles. The number of hydrogen-bond donors (Lipinski definition) is 0. The highest BCUT2D eigenvalue weighted by Gasteiger charge is 2.15. The second kappa shape index (κ2) is 11.3. The number of rotatable bonds is 9. The topological polar surface area (TPSA) is 53.5 Å². The van der Waals surface area contributed by atoms with E-state index in [1.807, 2.05) is 55.6 Å². The lowest BCUT2D eigenvalue weighted by Crippen LogP contribution is -2.16. The molecular formula is C30H32N2O3. The molecule has 35 heavy (non-hydrogen) atoms. The van der Waals surface area contributed by atoms with Crippen molar-refractivity contribution in [2.24, 2.45) is 5.92 Å². The number of nitrogens with zero attached hydrogens (tertiary/aromatic N) is 2. The standard InChI is InChI=1S/C30H32N2O3/c1-22-28(21-34-29-14-13-24(19-31-29)12-11-23-15-17-33-18-16-23)32-27-10-6-5-9-26(27)30(22)35-20-25-7-3-2-4-8-25/h2-10,13-14,19,23H,11-12,15-18,20-21H2,1H3. The Morgan fingerprint density at radius 1 is 0.857 bits per heavy atom. The molecule has 180 valence electrons. The lowest BCUT2D eigenvalue weighted by atomic mass is 9.93. The van der Waals surface area contributed by atoms with Gasteiger partial charge in [0.15, 0.2) is 0 Å². The molecule has 4 aromatic rings. The second-order valence-corrected chi connectivity index (χ2v) is 9.19. The summed E-state index contributed by atoms with van der Waals surface area (Å²) in [5, 5.41) is 1.01. The van der Waals surface area contributed by atoms with Crippen molar-refractivity contribution in [1.82, 2.24) is 9.97 Å². The fourth-order valence-electron chi connectivity index (χ4n) is 4.57. The number of pyridine rings is 2. The molecule has 0 bridgehead atoms. The lowest BCUT2D eigenvalue weighted by Gasteiger charge is -2.21. The van der Waals surface area contributed by atoms with Crippen LogP contribution in [-0.4, -0.2) is 23.2 Å². The molecule has 2 aromatic carbocycles. The summed E-state index contributed by atoms with van der Waals surface area (Å²) in [6.07, 6.45) is 6.51. The number of hydrogen-bond acceptors (Lipinski definition) is 5. The zero-order valence-electron chi connectivity index (χ0n) is 20.3. The van der Waals surface area contributed by atoms with Gasteiger partial charge in [-0.15, -0.1) is 0 Å². The molecule has 0 amide bonds. The van der Waals surface area contributed by atoms with Crippen molar-refractivity contribution >= 4 is 10.9 Å². The number of benzene rings is 2. The van der Waals surface area contributed by atoms with Crippen LogP contribution in [0.25, 0.3) is 10.9 Å². The monoisotopic (exact) mass is 468 g/mol. The van der Waals surface area contributed by atoms with E-state index in [1.54, 1.807) is 0 Å². The van der Waals surface area contributed by atoms with E-state index in [9.17, 15) is 0 Å². The van der Waals surface area contributed by atoms with Crippen LogP contribution in [0.3, 0.4) is 0 Å². The lowest BCUT2D eigenvalue weighted by molar-refractivity contribution is 0.0640. The minimum atomic E-state index is 0.340. The number of aromatic nitrogens is 2. The van der Waals surface area contributed by atoms with Gasteiger partial charge in [0.05, 0.1) is 11.2 Å². The van der Waals surface area contributed by atoms with Crippen LogP contribution in [0.1, 0.15) is 41.6 Å². The van der Waals surface area contributed by atoms with Crippen molar-refractivity contribution < 1.29 is 14.2 Å². The Morgan fingerprint density at radius 2 is 1.66 bits per heavy atom. The van der Waals surface area contributed by atoms with Gasteiger partial charge in [-0.3, -0.25) is 0 Å². The smallest absolute Gasteiger partial charge is 0.213 e. The van der Waals surface area contributed by atoms with E-state index in [4.69, 9.17) is 19.2 Å². The van der Waals surface area contributed by atoms with Gasteiger partial charge in [-0.1, -0.05) is 48.5 Å². The maximum absolute atomic E-state index is 6.30. The minimum absolute atomic E-state index is 0.340. The van der Waals surface area contributed by atoms with Crippen LogP contribution in [0.2, 0.25) is 0 Å². The molecular weight excluding hydrogens is 436 g/mol. The Bertz CT molecular complexity index is 1240. The Morgan fingerprint density at radius 3 is 2.46 bits per heavy atom. The van der Waals surface area contributed by atoms with Gasteiger partial charge in [0.2, 0.25) is 5.88 Å². The predicted molar refractivity (Wildman–Crippen MR) is 138 cm³/mol. The third kappa shape index (κ3) is 5.98. The van der Waals surface area contributed by atoms with E-state index in [0.717, 1.165) is 59.0 Å². The molecule has 0 atom stereocenters. The molecule has 1 saturated heterocycles. The van der Waals surface area contributed by atoms with Gasteiger partial charge < -0.3 is 14.2 Å². The molecule has 5 rings (SSSR count). The molecule has 3 heterocycles. The van der Waals surface area contributed by atoms with E-state index in [1.165, 1.54) is 24.8 Å². The van der Waals surface area contributed by atoms with Crippen molar-refractivity contribution in [2.45, 2.75) is 45.8 Å². The Balaban J connectivity index is 1.26. The Labute approximate surface area is 207 Å².